The fraction of sp³-hybridized carbons (Fsp3) is 0.300. The average molecular weight is 182 g/mol. The molecule has 0 aromatic heterocycles. The number of rotatable bonds is 2. The number of carbonyl (C=O) groups is 1. The number of benzene rings is 1. The van der Waals surface area contributed by atoms with Gasteiger partial charge in [-0.05, 0) is 32.0 Å². The molecule has 0 heterocycles. The maximum atomic E-state index is 12.7. The molecule has 13 heavy (non-hydrogen) atoms. The topological polar surface area (TPSA) is 26.3 Å². The van der Waals surface area contributed by atoms with Crippen LogP contribution in [0.3, 0.4) is 0 Å². The van der Waals surface area contributed by atoms with Crippen LogP contribution in [0.2, 0.25) is 0 Å². The van der Waals surface area contributed by atoms with Crippen molar-refractivity contribution in [1.82, 2.24) is 0 Å². The number of carbonyl (C=O) groups excluding carboxylic acids is 1. The van der Waals surface area contributed by atoms with E-state index >= 15 is 0 Å². The van der Waals surface area contributed by atoms with Gasteiger partial charge < -0.3 is 4.74 Å². The molecule has 0 N–H and O–H groups in total. The van der Waals surface area contributed by atoms with Gasteiger partial charge in [-0.25, -0.2) is 9.18 Å². The molecule has 2 nitrogen and oxygen atoms in total. The smallest absolute Gasteiger partial charge is 0.338 e. The molecule has 0 atom stereocenters. The molecule has 0 spiro atoms. The van der Waals surface area contributed by atoms with Crippen LogP contribution in [0.4, 0.5) is 4.39 Å². The van der Waals surface area contributed by atoms with Crippen molar-refractivity contribution in [2.75, 3.05) is 0 Å². The zero-order valence-electron chi connectivity index (χ0n) is 7.58. The normalized spacial score (nSPS) is 10.2. The second-order valence-electron chi connectivity index (χ2n) is 2.96. The summed E-state index contributed by atoms with van der Waals surface area (Å²) >= 11 is 0. The predicted molar refractivity (Wildman–Crippen MR) is 47.0 cm³/mol. The number of ether oxygens (including phenoxy) is 1. The van der Waals surface area contributed by atoms with Crippen LogP contribution in [-0.2, 0) is 4.74 Å². The van der Waals surface area contributed by atoms with E-state index in [2.05, 4.69) is 0 Å². The first kappa shape index (κ1) is 9.71. The Labute approximate surface area is 76.3 Å². The fourth-order valence-corrected chi connectivity index (χ4v) is 0.898. The zero-order chi connectivity index (χ0) is 9.84. The van der Waals surface area contributed by atoms with E-state index in [0.717, 1.165) is 6.07 Å². The van der Waals surface area contributed by atoms with Gasteiger partial charge in [0.2, 0.25) is 0 Å². The number of esters is 1. The van der Waals surface area contributed by atoms with E-state index in [4.69, 9.17) is 4.74 Å². The lowest BCUT2D eigenvalue weighted by Crippen LogP contribution is -2.11. The first-order valence-corrected chi connectivity index (χ1v) is 4.06. The van der Waals surface area contributed by atoms with Crippen LogP contribution in [-0.4, -0.2) is 12.1 Å². The van der Waals surface area contributed by atoms with Gasteiger partial charge in [0.15, 0.2) is 0 Å². The van der Waals surface area contributed by atoms with Crippen LogP contribution in [0, 0.1) is 5.82 Å². The van der Waals surface area contributed by atoms with Gasteiger partial charge in [-0.15, -0.1) is 0 Å². The van der Waals surface area contributed by atoms with Crippen LogP contribution < -0.4 is 0 Å². The second kappa shape index (κ2) is 4.03. The van der Waals surface area contributed by atoms with Crippen molar-refractivity contribution >= 4 is 5.97 Å². The van der Waals surface area contributed by atoms with Crippen molar-refractivity contribution < 1.29 is 13.9 Å². The van der Waals surface area contributed by atoms with Gasteiger partial charge in [-0.3, -0.25) is 0 Å². The Morgan fingerprint density at radius 1 is 1.46 bits per heavy atom. The van der Waals surface area contributed by atoms with E-state index in [9.17, 15) is 9.18 Å². The average Bonchev–Trinajstić information content (AvgIpc) is 2.03. The van der Waals surface area contributed by atoms with Gasteiger partial charge in [-0.2, -0.15) is 0 Å². The van der Waals surface area contributed by atoms with E-state index in [-0.39, 0.29) is 11.7 Å². The standard InChI is InChI=1S/C10H11FO2/c1-7(2)13-10(12)8-4-3-5-9(11)6-8/h3-7H,1-2H3. The lowest BCUT2D eigenvalue weighted by molar-refractivity contribution is 0.0377. The van der Waals surface area contributed by atoms with Crippen molar-refractivity contribution in [3.05, 3.63) is 35.6 Å². The third-order valence-electron chi connectivity index (χ3n) is 1.40. The highest BCUT2D eigenvalue weighted by Gasteiger charge is 2.08. The summed E-state index contributed by atoms with van der Waals surface area (Å²) in [7, 11) is 0. The van der Waals surface area contributed by atoms with Gasteiger partial charge >= 0.3 is 5.97 Å². The molecular formula is C10H11FO2. The van der Waals surface area contributed by atoms with Crippen molar-refractivity contribution in [2.24, 2.45) is 0 Å². The molecule has 1 aromatic carbocycles. The molecule has 0 fully saturated rings. The Bertz CT molecular complexity index is 308. The monoisotopic (exact) mass is 182 g/mol. The Kier molecular flexibility index (Phi) is 3.01. The zero-order valence-corrected chi connectivity index (χ0v) is 7.58. The molecule has 70 valence electrons. The van der Waals surface area contributed by atoms with Gasteiger partial charge in [0.25, 0.3) is 0 Å². The van der Waals surface area contributed by atoms with Gasteiger partial charge in [0, 0.05) is 0 Å². The van der Waals surface area contributed by atoms with Crippen molar-refractivity contribution in [3.8, 4) is 0 Å². The minimum Gasteiger partial charge on any atom is -0.459 e. The lowest BCUT2D eigenvalue weighted by Gasteiger charge is -2.07. The predicted octanol–water partition coefficient (Wildman–Crippen LogP) is 2.39. The largest absolute Gasteiger partial charge is 0.459 e. The van der Waals surface area contributed by atoms with E-state index in [1.165, 1.54) is 18.2 Å². The summed E-state index contributed by atoms with van der Waals surface area (Å²) in [5.41, 5.74) is 0.244. The summed E-state index contributed by atoms with van der Waals surface area (Å²) in [4.78, 5) is 11.2. The number of hydrogen-bond acceptors (Lipinski definition) is 2. The highest BCUT2D eigenvalue weighted by Crippen LogP contribution is 2.06. The summed E-state index contributed by atoms with van der Waals surface area (Å²) in [5.74, 6) is -0.923. The first-order chi connectivity index (χ1) is 6.09. The maximum absolute atomic E-state index is 12.7. The van der Waals surface area contributed by atoms with E-state index in [1.54, 1.807) is 13.8 Å². The van der Waals surface area contributed by atoms with Crippen molar-refractivity contribution in [3.63, 3.8) is 0 Å². The van der Waals surface area contributed by atoms with Crippen LogP contribution in [0.25, 0.3) is 0 Å². The molecule has 1 aromatic rings. The third-order valence-corrected chi connectivity index (χ3v) is 1.40. The van der Waals surface area contributed by atoms with Gasteiger partial charge in [0.1, 0.15) is 5.82 Å². The van der Waals surface area contributed by atoms with Crippen molar-refractivity contribution in [2.45, 2.75) is 20.0 Å². The number of hydrogen-bond donors (Lipinski definition) is 0. The first-order valence-electron chi connectivity index (χ1n) is 4.06. The quantitative estimate of drug-likeness (QED) is 0.656. The molecule has 0 aliphatic rings. The second-order valence-corrected chi connectivity index (χ2v) is 2.96. The summed E-state index contributed by atoms with van der Waals surface area (Å²) < 4.78 is 17.5. The molecule has 0 saturated heterocycles. The van der Waals surface area contributed by atoms with E-state index < -0.39 is 11.8 Å². The minimum atomic E-state index is -0.491. The summed E-state index contributed by atoms with van der Waals surface area (Å²) in [6.45, 7) is 3.49. The molecule has 0 radical (unpaired) electrons. The van der Waals surface area contributed by atoms with Crippen LogP contribution in [0.15, 0.2) is 24.3 Å². The maximum Gasteiger partial charge on any atom is 0.338 e. The summed E-state index contributed by atoms with van der Waals surface area (Å²) in [5, 5.41) is 0. The van der Waals surface area contributed by atoms with Crippen LogP contribution in [0.5, 0.6) is 0 Å². The molecule has 0 aliphatic heterocycles. The van der Waals surface area contributed by atoms with E-state index in [1.807, 2.05) is 0 Å². The molecular weight excluding hydrogens is 171 g/mol. The minimum absolute atomic E-state index is 0.184. The number of halogens is 1. The molecule has 0 amide bonds. The SMILES string of the molecule is CC(C)OC(=O)c1cccc(F)c1. The molecule has 1 rings (SSSR count). The molecule has 3 heteroatoms. The summed E-state index contributed by atoms with van der Waals surface area (Å²) in [6.07, 6.45) is -0.184. The molecule has 0 aliphatic carbocycles. The van der Waals surface area contributed by atoms with Crippen LogP contribution in [0.1, 0.15) is 24.2 Å². The molecule has 0 bridgehead atoms. The van der Waals surface area contributed by atoms with Crippen LogP contribution >= 0.6 is 0 Å². The third kappa shape index (κ3) is 2.86. The molecule has 0 saturated carbocycles. The van der Waals surface area contributed by atoms with Crippen molar-refractivity contribution in [1.29, 1.82) is 0 Å². The Morgan fingerprint density at radius 2 is 2.15 bits per heavy atom. The highest BCUT2D eigenvalue weighted by molar-refractivity contribution is 5.89. The Balaban J connectivity index is 2.77. The van der Waals surface area contributed by atoms with Gasteiger partial charge in [0.05, 0.1) is 11.7 Å². The Morgan fingerprint density at radius 3 is 2.69 bits per heavy atom. The van der Waals surface area contributed by atoms with Gasteiger partial charge in [-0.1, -0.05) is 6.07 Å². The summed E-state index contributed by atoms with van der Waals surface area (Å²) in [6, 6.07) is 5.44. The lowest BCUT2D eigenvalue weighted by atomic mass is 10.2. The highest BCUT2D eigenvalue weighted by atomic mass is 19.1. The molecule has 0 unspecified atom stereocenters. The van der Waals surface area contributed by atoms with E-state index in [0.29, 0.717) is 0 Å². The fourth-order valence-electron chi connectivity index (χ4n) is 0.898. The Hall–Kier alpha value is -1.38.